The second-order valence-electron chi connectivity index (χ2n) is 9.00. The van der Waals surface area contributed by atoms with Gasteiger partial charge in [0.2, 0.25) is 0 Å². The molecule has 1 heterocycles. The number of halogens is 2. The van der Waals surface area contributed by atoms with Crippen molar-refractivity contribution in [2.45, 2.75) is 17.8 Å². The average molecular weight is 519 g/mol. The van der Waals surface area contributed by atoms with E-state index in [9.17, 15) is 19.1 Å². The van der Waals surface area contributed by atoms with Gasteiger partial charge in [0.25, 0.3) is 11.8 Å². The molecule has 0 unspecified atom stereocenters. The number of ether oxygens (including phenoxy) is 1. The third-order valence-corrected chi connectivity index (χ3v) is 7.46. The Morgan fingerprint density at radius 1 is 1.14 bits per heavy atom. The highest BCUT2D eigenvalue weighted by Crippen LogP contribution is 2.59. The Bertz CT molecular complexity index is 1420. The monoisotopic (exact) mass is 518 g/mol. The largest absolute Gasteiger partial charge is 0.504 e. The van der Waals surface area contributed by atoms with E-state index in [1.165, 1.54) is 31.4 Å². The van der Waals surface area contributed by atoms with Crippen LogP contribution in [0.4, 0.5) is 10.1 Å². The summed E-state index contributed by atoms with van der Waals surface area (Å²) in [6, 6.07) is 17.3. The molecule has 6 nitrogen and oxygen atoms in total. The van der Waals surface area contributed by atoms with Crippen molar-refractivity contribution in [3.63, 3.8) is 0 Å². The van der Waals surface area contributed by atoms with E-state index in [-0.39, 0.29) is 17.9 Å². The van der Waals surface area contributed by atoms with Crippen LogP contribution in [0.5, 0.6) is 11.5 Å². The van der Waals surface area contributed by atoms with Crippen molar-refractivity contribution in [1.29, 1.82) is 0 Å². The van der Waals surface area contributed by atoms with Gasteiger partial charge >= 0.3 is 0 Å². The lowest BCUT2D eigenvalue weighted by atomic mass is 9.56. The van der Waals surface area contributed by atoms with Crippen molar-refractivity contribution in [2.24, 2.45) is 5.92 Å². The predicted molar refractivity (Wildman–Crippen MR) is 139 cm³/mol. The first-order valence-electron chi connectivity index (χ1n) is 11.7. The molecular weight excluding hydrogens is 495 g/mol. The molecule has 3 atom stereocenters. The minimum absolute atomic E-state index is 0.123. The van der Waals surface area contributed by atoms with Crippen LogP contribution in [0.1, 0.15) is 23.5 Å². The van der Waals surface area contributed by atoms with Crippen LogP contribution in [0.15, 0.2) is 91.0 Å². The van der Waals surface area contributed by atoms with Gasteiger partial charge in [-0.3, -0.25) is 15.0 Å². The van der Waals surface area contributed by atoms with Crippen LogP contribution in [-0.4, -0.2) is 29.0 Å². The van der Waals surface area contributed by atoms with Crippen LogP contribution in [0, 0.1) is 11.7 Å². The number of benzene rings is 3. The van der Waals surface area contributed by atoms with E-state index in [1.807, 2.05) is 6.08 Å². The smallest absolute Gasteiger partial charge is 0.260 e. The molecule has 188 valence electrons. The first-order chi connectivity index (χ1) is 17.8. The fourth-order valence-corrected chi connectivity index (χ4v) is 5.70. The van der Waals surface area contributed by atoms with Gasteiger partial charge in [0.05, 0.1) is 24.1 Å². The van der Waals surface area contributed by atoms with E-state index in [0.717, 1.165) is 5.01 Å². The zero-order valence-corrected chi connectivity index (χ0v) is 20.7. The maximum atomic E-state index is 14.5. The normalized spacial score (nSPS) is 22.9. The van der Waals surface area contributed by atoms with Crippen LogP contribution in [0.25, 0.3) is 0 Å². The number of para-hydroxylation sites is 1. The first-order valence-corrected chi connectivity index (χ1v) is 12.1. The molecule has 1 aliphatic carbocycles. The number of carbonyl (C=O) groups is 2. The standard InChI is InChI=1S/C29H24ClFN2O4/c1-3-17-7-16-23-27(35)33(32-21-14-12-20(31)13-15-21)28(36)29(23,18-8-10-19(30)11-9-18)25(17)22-5-4-6-24(37-2)26(22)34/h3-15,23,25,32,34H,1,16H2,2H3/t23-,25+,29+/m0/s1. The molecule has 0 spiro atoms. The van der Waals surface area contributed by atoms with Crippen LogP contribution in [0.2, 0.25) is 5.02 Å². The Labute approximate surface area is 218 Å². The summed E-state index contributed by atoms with van der Waals surface area (Å²) in [6.07, 6.45) is 3.80. The molecule has 37 heavy (non-hydrogen) atoms. The summed E-state index contributed by atoms with van der Waals surface area (Å²) in [7, 11) is 1.44. The molecule has 0 saturated carbocycles. The molecule has 3 aromatic carbocycles. The number of methoxy groups -OCH3 is 1. The number of carbonyl (C=O) groups excluding carboxylic acids is 2. The van der Waals surface area contributed by atoms with E-state index in [1.54, 1.807) is 48.5 Å². The Balaban J connectivity index is 1.76. The maximum Gasteiger partial charge on any atom is 0.260 e. The van der Waals surface area contributed by atoms with Gasteiger partial charge in [-0.1, -0.05) is 54.6 Å². The number of imide groups is 1. The SMILES string of the molecule is C=CC1=CC[C@H]2C(=O)N(Nc3ccc(F)cc3)C(=O)[C@@]2(c2ccc(Cl)cc2)[C@H]1c1cccc(OC)c1O. The lowest BCUT2D eigenvalue weighted by molar-refractivity contribution is -0.138. The minimum atomic E-state index is -1.43. The lowest BCUT2D eigenvalue weighted by Gasteiger charge is -2.43. The van der Waals surface area contributed by atoms with Crippen molar-refractivity contribution in [2.75, 3.05) is 12.5 Å². The van der Waals surface area contributed by atoms with Gasteiger partial charge in [-0.15, -0.1) is 0 Å². The van der Waals surface area contributed by atoms with E-state index < -0.39 is 34.9 Å². The summed E-state index contributed by atoms with van der Waals surface area (Å²) in [4.78, 5) is 28.3. The molecule has 2 aliphatic rings. The highest BCUT2D eigenvalue weighted by molar-refractivity contribution is 6.30. The van der Waals surface area contributed by atoms with Crippen molar-refractivity contribution < 1.29 is 23.8 Å². The molecule has 1 saturated heterocycles. The fraction of sp³-hybridized carbons (Fsp3) is 0.172. The topological polar surface area (TPSA) is 78.9 Å². The Kier molecular flexibility index (Phi) is 6.25. The fourth-order valence-electron chi connectivity index (χ4n) is 5.57. The van der Waals surface area contributed by atoms with Crippen molar-refractivity contribution >= 4 is 29.1 Å². The highest BCUT2D eigenvalue weighted by Gasteiger charge is 2.66. The number of aromatic hydroxyl groups is 1. The van der Waals surface area contributed by atoms with Crippen molar-refractivity contribution in [1.82, 2.24) is 5.01 Å². The zero-order valence-electron chi connectivity index (χ0n) is 19.9. The van der Waals surface area contributed by atoms with Gasteiger partial charge < -0.3 is 9.84 Å². The van der Waals surface area contributed by atoms with E-state index >= 15 is 0 Å². The number of allylic oxidation sites excluding steroid dienone is 3. The Hall–Kier alpha value is -4.10. The van der Waals surface area contributed by atoms with Crippen molar-refractivity contribution in [3.8, 4) is 11.5 Å². The Morgan fingerprint density at radius 2 is 1.84 bits per heavy atom. The average Bonchev–Trinajstić information content (AvgIpc) is 3.12. The van der Waals surface area contributed by atoms with Crippen LogP contribution in [0.3, 0.4) is 0 Å². The number of hydrazine groups is 1. The predicted octanol–water partition coefficient (Wildman–Crippen LogP) is 5.74. The number of amides is 2. The van der Waals surface area contributed by atoms with Crippen molar-refractivity contribution in [3.05, 3.63) is 113 Å². The summed E-state index contributed by atoms with van der Waals surface area (Å²) in [5.74, 6) is -2.83. The highest BCUT2D eigenvalue weighted by atomic mass is 35.5. The summed E-state index contributed by atoms with van der Waals surface area (Å²) >= 11 is 6.19. The van der Waals surface area contributed by atoms with E-state index in [4.69, 9.17) is 16.3 Å². The number of rotatable bonds is 6. The van der Waals surface area contributed by atoms with Crippen LogP contribution in [-0.2, 0) is 15.0 Å². The maximum absolute atomic E-state index is 14.5. The Morgan fingerprint density at radius 3 is 2.49 bits per heavy atom. The first kappa shape index (κ1) is 24.6. The van der Waals surface area contributed by atoms with Gasteiger partial charge in [-0.25, -0.2) is 4.39 Å². The summed E-state index contributed by atoms with van der Waals surface area (Å²) < 4.78 is 18.8. The molecule has 0 aromatic heterocycles. The number of fused-ring (bicyclic) bond motifs is 1. The van der Waals surface area contributed by atoms with Gasteiger partial charge in [0.15, 0.2) is 11.5 Å². The van der Waals surface area contributed by atoms with E-state index in [2.05, 4.69) is 12.0 Å². The quantitative estimate of drug-likeness (QED) is 0.407. The molecule has 8 heteroatoms. The summed E-state index contributed by atoms with van der Waals surface area (Å²) in [6.45, 7) is 3.96. The second-order valence-corrected chi connectivity index (χ2v) is 9.44. The summed E-state index contributed by atoms with van der Waals surface area (Å²) in [5.41, 5.74) is 3.52. The van der Waals surface area contributed by atoms with Crippen LogP contribution >= 0.6 is 11.6 Å². The lowest BCUT2D eigenvalue weighted by Crippen LogP contribution is -2.48. The molecule has 2 N–H and O–H groups in total. The number of anilines is 1. The molecule has 0 bridgehead atoms. The number of nitrogens with zero attached hydrogens (tertiary/aromatic N) is 1. The van der Waals surface area contributed by atoms with Crippen LogP contribution < -0.4 is 10.2 Å². The van der Waals surface area contributed by atoms with E-state index in [0.29, 0.717) is 27.4 Å². The number of hydrogen-bond acceptors (Lipinski definition) is 5. The molecule has 5 rings (SSSR count). The van der Waals surface area contributed by atoms with Gasteiger partial charge in [-0.2, -0.15) is 5.01 Å². The van der Waals surface area contributed by atoms with Gasteiger partial charge in [-0.05, 0) is 60.0 Å². The zero-order chi connectivity index (χ0) is 26.3. The minimum Gasteiger partial charge on any atom is -0.504 e. The second kappa shape index (κ2) is 9.41. The number of phenols is 1. The third-order valence-electron chi connectivity index (χ3n) is 7.21. The molecule has 3 aromatic rings. The van der Waals surface area contributed by atoms with Gasteiger partial charge in [0, 0.05) is 16.5 Å². The number of nitrogens with one attached hydrogen (secondary N) is 1. The number of phenolic OH excluding ortho intramolecular Hbond substituents is 1. The molecular formula is C29H24ClFN2O4. The molecule has 1 aliphatic heterocycles. The summed E-state index contributed by atoms with van der Waals surface area (Å²) in [5, 5.41) is 12.7. The molecule has 1 fully saturated rings. The van der Waals surface area contributed by atoms with Gasteiger partial charge in [0.1, 0.15) is 5.82 Å². The third kappa shape index (κ3) is 3.78. The molecule has 0 radical (unpaired) electrons. The molecule has 2 amide bonds. The number of hydrogen-bond donors (Lipinski definition) is 2.